The van der Waals surface area contributed by atoms with Crippen molar-refractivity contribution in [1.29, 1.82) is 0 Å². The van der Waals surface area contributed by atoms with Crippen molar-refractivity contribution >= 4 is 11.9 Å². The Morgan fingerprint density at radius 3 is 2.46 bits per heavy atom. The van der Waals surface area contributed by atoms with E-state index >= 15 is 0 Å². The van der Waals surface area contributed by atoms with Crippen LogP contribution in [0.2, 0.25) is 0 Å². The van der Waals surface area contributed by atoms with Crippen LogP contribution in [0.15, 0.2) is 12.2 Å². The first-order valence-electron chi connectivity index (χ1n) is 4.14. The van der Waals surface area contributed by atoms with Gasteiger partial charge in [0, 0.05) is 12.0 Å². The molecule has 0 aliphatic rings. The molecule has 0 radical (unpaired) electrons. The van der Waals surface area contributed by atoms with Gasteiger partial charge in [0.15, 0.2) is 0 Å². The highest BCUT2D eigenvalue weighted by molar-refractivity contribution is 5.87. The van der Waals surface area contributed by atoms with Gasteiger partial charge in [0.25, 0.3) is 0 Å². The summed E-state index contributed by atoms with van der Waals surface area (Å²) >= 11 is 0. The SMILES string of the molecule is C=C(CCCC(=O)O)C(=O)OCC. The second kappa shape index (κ2) is 6.22. The topological polar surface area (TPSA) is 63.6 Å². The zero-order valence-electron chi connectivity index (χ0n) is 7.71. The van der Waals surface area contributed by atoms with Gasteiger partial charge in [-0.25, -0.2) is 4.79 Å². The lowest BCUT2D eigenvalue weighted by molar-refractivity contribution is -0.139. The van der Waals surface area contributed by atoms with E-state index in [1.54, 1.807) is 6.92 Å². The molecule has 0 bridgehead atoms. The van der Waals surface area contributed by atoms with Crippen molar-refractivity contribution in [3.63, 3.8) is 0 Å². The molecule has 0 aliphatic heterocycles. The van der Waals surface area contributed by atoms with Crippen molar-refractivity contribution < 1.29 is 19.4 Å². The van der Waals surface area contributed by atoms with Crippen LogP contribution in [0.4, 0.5) is 0 Å². The third-order valence-electron chi connectivity index (χ3n) is 1.43. The summed E-state index contributed by atoms with van der Waals surface area (Å²) in [5, 5.41) is 8.32. The third kappa shape index (κ3) is 5.90. The molecular formula is C9H14O4. The summed E-state index contributed by atoms with van der Waals surface area (Å²) in [6.07, 6.45) is 0.858. The lowest BCUT2D eigenvalue weighted by atomic mass is 10.1. The number of esters is 1. The van der Waals surface area contributed by atoms with Crippen molar-refractivity contribution in [2.45, 2.75) is 26.2 Å². The molecule has 0 heterocycles. The molecule has 0 rings (SSSR count). The Labute approximate surface area is 77.2 Å². The molecule has 4 heteroatoms. The van der Waals surface area contributed by atoms with Gasteiger partial charge in [-0.3, -0.25) is 4.79 Å². The summed E-state index contributed by atoms with van der Waals surface area (Å²) in [7, 11) is 0. The maximum absolute atomic E-state index is 10.9. The van der Waals surface area contributed by atoms with Crippen LogP contribution < -0.4 is 0 Å². The first-order valence-corrected chi connectivity index (χ1v) is 4.14. The molecule has 1 N–H and O–H groups in total. The van der Waals surface area contributed by atoms with E-state index in [2.05, 4.69) is 11.3 Å². The molecule has 4 nitrogen and oxygen atoms in total. The van der Waals surface area contributed by atoms with Crippen LogP contribution in [0.3, 0.4) is 0 Å². The van der Waals surface area contributed by atoms with Crippen molar-refractivity contribution in [2.75, 3.05) is 6.61 Å². The van der Waals surface area contributed by atoms with E-state index in [-0.39, 0.29) is 6.42 Å². The van der Waals surface area contributed by atoms with Gasteiger partial charge in [-0.2, -0.15) is 0 Å². The van der Waals surface area contributed by atoms with Crippen LogP contribution in [0.1, 0.15) is 26.2 Å². The van der Waals surface area contributed by atoms with E-state index in [1.165, 1.54) is 0 Å². The number of hydrogen-bond donors (Lipinski definition) is 1. The molecule has 0 aromatic rings. The van der Waals surface area contributed by atoms with Crippen LogP contribution >= 0.6 is 0 Å². The summed E-state index contributed by atoms with van der Waals surface area (Å²) in [4.78, 5) is 21.1. The number of hydrogen-bond acceptors (Lipinski definition) is 3. The van der Waals surface area contributed by atoms with E-state index in [0.717, 1.165) is 0 Å². The van der Waals surface area contributed by atoms with Gasteiger partial charge in [-0.15, -0.1) is 0 Å². The Morgan fingerprint density at radius 1 is 1.38 bits per heavy atom. The van der Waals surface area contributed by atoms with Gasteiger partial charge in [0.2, 0.25) is 0 Å². The highest BCUT2D eigenvalue weighted by Gasteiger charge is 2.07. The Morgan fingerprint density at radius 2 is 2.00 bits per heavy atom. The minimum absolute atomic E-state index is 0.0540. The average Bonchev–Trinajstić information content (AvgIpc) is 2.04. The summed E-state index contributed by atoms with van der Waals surface area (Å²) in [5.74, 6) is -1.30. The molecule has 13 heavy (non-hydrogen) atoms. The highest BCUT2D eigenvalue weighted by atomic mass is 16.5. The molecule has 0 aromatic carbocycles. The Hall–Kier alpha value is -1.32. The standard InChI is InChI=1S/C9H14O4/c1-3-13-9(12)7(2)5-4-6-8(10)11/h2-6H2,1H3,(H,10,11). The molecule has 0 atom stereocenters. The number of rotatable bonds is 6. The molecule has 0 saturated heterocycles. The van der Waals surface area contributed by atoms with Crippen LogP contribution in [0.5, 0.6) is 0 Å². The van der Waals surface area contributed by atoms with E-state index in [9.17, 15) is 9.59 Å². The fourth-order valence-electron chi connectivity index (χ4n) is 0.788. The molecule has 0 spiro atoms. The number of carbonyl (C=O) groups excluding carboxylic acids is 1. The molecule has 0 saturated carbocycles. The van der Waals surface area contributed by atoms with Crippen molar-refractivity contribution in [3.8, 4) is 0 Å². The van der Waals surface area contributed by atoms with Crippen LogP contribution in [-0.4, -0.2) is 23.7 Å². The summed E-state index contributed by atoms with van der Waals surface area (Å²) in [6.45, 7) is 5.53. The van der Waals surface area contributed by atoms with Gasteiger partial charge >= 0.3 is 11.9 Å². The largest absolute Gasteiger partial charge is 0.481 e. The molecule has 0 fully saturated rings. The lowest BCUT2D eigenvalue weighted by Crippen LogP contribution is -2.07. The van der Waals surface area contributed by atoms with Crippen molar-refractivity contribution in [2.24, 2.45) is 0 Å². The van der Waals surface area contributed by atoms with E-state index in [1.807, 2.05) is 0 Å². The summed E-state index contributed by atoms with van der Waals surface area (Å²) in [5.41, 5.74) is 0.336. The molecule has 0 unspecified atom stereocenters. The zero-order chi connectivity index (χ0) is 10.3. The maximum Gasteiger partial charge on any atom is 0.333 e. The normalized spacial score (nSPS) is 9.31. The maximum atomic E-state index is 10.9. The van der Waals surface area contributed by atoms with E-state index < -0.39 is 11.9 Å². The predicted octanol–water partition coefficient (Wildman–Crippen LogP) is 1.36. The molecular weight excluding hydrogens is 172 g/mol. The fourth-order valence-corrected chi connectivity index (χ4v) is 0.788. The van der Waals surface area contributed by atoms with Gasteiger partial charge in [-0.1, -0.05) is 6.58 Å². The van der Waals surface area contributed by atoms with Crippen LogP contribution in [0, 0.1) is 0 Å². The Kier molecular flexibility index (Phi) is 5.59. The first kappa shape index (κ1) is 11.7. The first-order chi connectivity index (χ1) is 6.07. The predicted molar refractivity (Wildman–Crippen MR) is 47.3 cm³/mol. The molecule has 0 aromatic heterocycles. The van der Waals surface area contributed by atoms with Gasteiger partial charge < -0.3 is 9.84 Å². The minimum Gasteiger partial charge on any atom is -0.481 e. The van der Waals surface area contributed by atoms with Crippen molar-refractivity contribution in [3.05, 3.63) is 12.2 Å². The van der Waals surface area contributed by atoms with Crippen LogP contribution in [-0.2, 0) is 14.3 Å². The Bertz CT molecular complexity index is 208. The molecule has 0 amide bonds. The minimum atomic E-state index is -0.864. The fraction of sp³-hybridized carbons (Fsp3) is 0.556. The summed E-state index contributed by atoms with van der Waals surface area (Å²) in [6, 6.07) is 0. The lowest BCUT2D eigenvalue weighted by Gasteiger charge is -2.03. The quantitative estimate of drug-likeness (QED) is 0.502. The number of carboxylic acid groups (broad SMARTS) is 1. The van der Waals surface area contributed by atoms with Gasteiger partial charge in [-0.05, 0) is 19.8 Å². The average molecular weight is 186 g/mol. The number of aliphatic carboxylic acids is 1. The number of carboxylic acids is 1. The monoisotopic (exact) mass is 186 g/mol. The summed E-state index contributed by atoms with van der Waals surface area (Å²) < 4.78 is 4.68. The Balaban J connectivity index is 3.62. The second-order valence-corrected chi connectivity index (χ2v) is 2.57. The smallest absolute Gasteiger partial charge is 0.333 e. The number of ether oxygens (including phenoxy) is 1. The highest BCUT2D eigenvalue weighted by Crippen LogP contribution is 2.06. The third-order valence-corrected chi connectivity index (χ3v) is 1.43. The molecule has 74 valence electrons. The second-order valence-electron chi connectivity index (χ2n) is 2.57. The van der Waals surface area contributed by atoms with Crippen LogP contribution in [0.25, 0.3) is 0 Å². The zero-order valence-corrected chi connectivity index (χ0v) is 7.71. The van der Waals surface area contributed by atoms with Gasteiger partial charge in [0.1, 0.15) is 0 Å². The molecule has 0 aliphatic carbocycles. The number of carbonyl (C=O) groups is 2. The van der Waals surface area contributed by atoms with E-state index in [0.29, 0.717) is 25.0 Å². The van der Waals surface area contributed by atoms with E-state index in [4.69, 9.17) is 5.11 Å². The van der Waals surface area contributed by atoms with Gasteiger partial charge in [0.05, 0.1) is 6.61 Å². The van der Waals surface area contributed by atoms with Crippen molar-refractivity contribution in [1.82, 2.24) is 0 Å².